The summed E-state index contributed by atoms with van der Waals surface area (Å²) in [6.45, 7) is 11.7. The molecule has 0 spiro atoms. The van der Waals surface area contributed by atoms with Crippen LogP contribution in [0.4, 0.5) is 0 Å². The zero-order valence-corrected chi connectivity index (χ0v) is 8.92. The van der Waals surface area contributed by atoms with Gasteiger partial charge in [-0.15, -0.1) is 6.58 Å². The first-order valence-corrected chi connectivity index (χ1v) is 5.38. The van der Waals surface area contributed by atoms with Crippen LogP contribution in [-0.4, -0.2) is 36.6 Å². The molecule has 2 nitrogen and oxygen atoms in total. The fourth-order valence-electron chi connectivity index (χ4n) is 1.95. The van der Waals surface area contributed by atoms with Crippen LogP contribution in [0.15, 0.2) is 12.7 Å². The Hall–Kier alpha value is -0.340. The van der Waals surface area contributed by atoms with Gasteiger partial charge < -0.3 is 5.32 Å². The van der Waals surface area contributed by atoms with E-state index in [9.17, 15) is 0 Å². The first-order valence-electron chi connectivity index (χ1n) is 5.38. The Morgan fingerprint density at radius 2 is 2.46 bits per heavy atom. The van der Waals surface area contributed by atoms with Gasteiger partial charge in [0.25, 0.3) is 0 Å². The van der Waals surface area contributed by atoms with Gasteiger partial charge in [-0.25, -0.2) is 0 Å². The number of rotatable bonds is 5. The standard InChI is InChI=1S/C11H22N2/c1-4-10(3)12-9-11-7-6-8-13(11)5-2/h4,10-12H,1,5-9H2,2-3H3. The normalized spacial score (nSPS) is 26.2. The molecule has 0 bridgehead atoms. The predicted molar refractivity (Wildman–Crippen MR) is 57.9 cm³/mol. The van der Waals surface area contributed by atoms with Crippen LogP contribution in [0.2, 0.25) is 0 Å². The molecule has 1 rings (SSSR count). The monoisotopic (exact) mass is 182 g/mol. The number of nitrogens with one attached hydrogen (secondary N) is 1. The summed E-state index contributed by atoms with van der Waals surface area (Å²) in [6.07, 6.45) is 4.68. The van der Waals surface area contributed by atoms with Crippen molar-refractivity contribution in [3.05, 3.63) is 12.7 Å². The van der Waals surface area contributed by atoms with Gasteiger partial charge in [-0.3, -0.25) is 4.90 Å². The quantitative estimate of drug-likeness (QED) is 0.650. The van der Waals surface area contributed by atoms with Crippen LogP contribution in [0.1, 0.15) is 26.7 Å². The molecule has 0 amide bonds. The molecular weight excluding hydrogens is 160 g/mol. The molecule has 0 radical (unpaired) electrons. The van der Waals surface area contributed by atoms with Gasteiger partial charge in [0, 0.05) is 18.6 Å². The van der Waals surface area contributed by atoms with Crippen molar-refractivity contribution < 1.29 is 0 Å². The number of likely N-dealkylation sites (tertiary alicyclic amines) is 1. The summed E-state index contributed by atoms with van der Waals surface area (Å²) in [4.78, 5) is 2.56. The second kappa shape index (κ2) is 5.40. The second-order valence-electron chi connectivity index (χ2n) is 3.86. The fraction of sp³-hybridized carbons (Fsp3) is 0.818. The number of nitrogens with zero attached hydrogens (tertiary/aromatic N) is 1. The largest absolute Gasteiger partial charge is 0.309 e. The van der Waals surface area contributed by atoms with Gasteiger partial charge in [0.1, 0.15) is 0 Å². The third-order valence-electron chi connectivity index (χ3n) is 2.93. The van der Waals surface area contributed by atoms with Crippen LogP contribution in [0.3, 0.4) is 0 Å². The van der Waals surface area contributed by atoms with E-state index in [2.05, 4.69) is 30.6 Å². The van der Waals surface area contributed by atoms with Gasteiger partial charge >= 0.3 is 0 Å². The lowest BCUT2D eigenvalue weighted by atomic mass is 10.2. The Morgan fingerprint density at radius 3 is 3.08 bits per heavy atom. The molecule has 1 saturated heterocycles. The maximum atomic E-state index is 3.77. The number of hydrogen-bond acceptors (Lipinski definition) is 2. The maximum Gasteiger partial charge on any atom is 0.0221 e. The highest BCUT2D eigenvalue weighted by molar-refractivity contribution is 4.86. The SMILES string of the molecule is C=CC(C)NCC1CCCN1CC. The average Bonchev–Trinajstić information content (AvgIpc) is 2.61. The molecule has 0 aromatic heterocycles. The Balaban J connectivity index is 2.23. The van der Waals surface area contributed by atoms with E-state index in [4.69, 9.17) is 0 Å². The summed E-state index contributed by atoms with van der Waals surface area (Å²) in [5.74, 6) is 0. The number of hydrogen-bond donors (Lipinski definition) is 1. The molecule has 1 fully saturated rings. The molecule has 1 N–H and O–H groups in total. The van der Waals surface area contributed by atoms with Crippen molar-refractivity contribution in [2.45, 2.75) is 38.8 Å². The molecule has 0 aliphatic carbocycles. The fourth-order valence-corrected chi connectivity index (χ4v) is 1.95. The Bertz CT molecular complexity index is 156. The molecule has 0 aromatic rings. The minimum atomic E-state index is 0.444. The van der Waals surface area contributed by atoms with E-state index >= 15 is 0 Å². The van der Waals surface area contributed by atoms with Gasteiger partial charge in [-0.05, 0) is 32.9 Å². The third kappa shape index (κ3) is 3.12. The topological polar surface area (TPSA) is 15.3 Å². The van der Waals surface area contributed by atoms with E-state index in [1.54, 1.807) is 0 Å². The summed E-state index contributed by atoms with van der Waals surface area (Å²) < 4.78 is 0. The molecule has 2 unspecified atom stereocenters. The zero-order valence-electron chi connectivity index (χ0n) is 8.92. The summed E-state index contributed by atoms with van der Waals surface area (Å²) in [5, 5.41) is 3.48. The summed E-state index contributed by atoms with van der Waals surface area (Å²) in [5.41, 5.74) is 0. The van der Waals surface area contributed by atoms with Crippen LogP contribution in [0, 0.1) is 0 Å². The summed E-state index contributed by atoms with van der Waals surface area (Å²) in [6, 6.07) is 1.20. The lowest BCUT2D eigenvalue weighted by Crippen LogP contribution is -2.40. The lowest BCUT2D eigenvalue weighted by Gasteiger charge is -2.24. The summed E-state index contributed by atoms with van der Waals surface area (Å²) in [7, 11) is 0. The molecule has 0 saturated carbocycles. The molecule has 2 heteroatoms. The molecular formula is C11H22N2. The van der Waals surface area contributed by atoms with Crippen molar-refractivity contribution in [2.24, 2.45) is 0 Å². The maximum absolute atomic E-state index is 3.77. The van der Waals surface area contributed by atoms with Crippen LogP contribution in [0.25, 0.3) is 0 Å². The van der Waals surface area contributed by atoms with Crippen LogP contribution >= 0.6 is 0 Å². The highest BCUT2D eigenvalue weighted by Gasteiger charge is 2.22. The zero-order chi connectivity index (χ0) is 9.68. The predicted octanol–water partition coefficient (Wildman–Crippen LogP) is 1.63. The molecule has 1 heterocycles. The van der Waals surface area contributed by atoms with Gasteiger partial charge in [0.15, 0.2) is 0 Å². The number of likely N-dealkylation sites (N-methyl/N-ethyl adjacent to an activating group) is 1. The first-order chi connectivity index (χ1) is 6.27. The molecule has 0 aromatic carbocycles. The van der Waals surface area contributed by atoms with E-state index in [-0.39, 0.29) is 0 Å². The van der Waals surface area contributed by atoms with Crippen molar-refractivity contribution in [1.82, 2.24) is 10.2 Å². The van der Waals surface area contributed by atoms with E-state index in [1.165, 1.54) is 25.9 Å². The molecule has 2 atom stereocenters. The lowest BCUT2D eigenvalue weighted by molar-refractivity contribution is 0.258. The molecule has 1 aliphatic rings. The van der Waals surface area contributed by atoms with Crippen molar-refractivity contribution in [3.63, 3.8) is 0 Å². The van der Waals surface area contributed by atoms with Crippen LogP contribution < -0.4 is 5.32 Å². The average molecular weight is 182 g/mol. The highest BCUT2D eigenvalue weighted by atomic mass is 15.2. The molecule has 1 aliphatic heterocycles. The van der Waals surface area contributed by atoms with Crippen LogP contribution in [-0.2, 0) is 0 Å². The summed E-state index contributed by atoms with van der Waals surface area (Å²) >= 11 is 0. The van der Waals surface area contributed by atoms with Crippen molar-refractivity contribution in [3.8, 4) is 0 Å². The Morgan fingerprint density at radius 1 is 1.69 bits per heavy atom. The Labute approximate surface area is 82.0 Å². The second-order valence-corrected chi connectivity index (χ2v) is 3.86. The van der Waals surface area contributed by atoms with Crippen molar-refractivity contribution in [1.29, 1.82) is 0 Å². The van der Waals surface area contributed by atoms with Crippen molar-refractivity contribution in [2.75, 3.05) is 19.6 Å². The smallest absolute Gasteiger partial charge is 0.0221 e. The molecule has 13 heavy (non-hydrogen) atoms. The highest BCUT2D eigenvalue weighted by Crippen LogP contribution is 2.15. The van der Waals surface area contributed by atoms with Gasteiger partial charge in [0.2, 0.25) is 0 Å². The van der Waals surface area contributed by atoms with E-state index in [0.717, 1.165) is 12.6 Å². The van der Waals surface area contributed by atoms with Gasteiger partial charge in [-0.2, -0.15) is 0 Å². The van der Waals surface area contributed by atoms with Crippen LogP contribution in [0.5, 0.6) is 0 Å². The third-order valence-corrected chi connectivity index (χ3v) is 2.93. The molecule has 76 valence electrons. The van der Waals surface area contributed by atoms with E-state index in [1.807, 2.05) is 6.08 Å². The minimum Gasteiger partial charge on any atom is -0.309 e. The Kier molecular flexibility index (Phi) is 4.46. The van der Waals surface area contributed by atoms with Gasteiger partial charge in [0.05, 0.1) is 0 Å². The van der Waals surface area contributed by atoms with Gasteiger partial charge in [-0.1, -0.05) is 13.0 Å². The first kappa shape index (κ1) is 10.7. The van der Waals surface area contributed by atoms with E-state index < -0.39 is 0 Å². The van der Waals surface area contributed by atoms with Crippen molar-refractivity contribution >= 4 is 0 Å². The minimum absolute atomic E-state index is 0.444. The van der Waals surface area contributed by atoms with E-state index in [0.29, 0.717) is 6.04 Å².